The number of hydrogen-bond donors (Lipinski definition) is 1. The molecule has 0 spiro atoms. The van der Waals surface area contributed by atoms with Crippen LogP contribution in [0.3, 0.4) is 0 Å². The lowest BCUT2D eigenvalue weighted by Gasteiger charge is -1.93. The van der Waals surface area contributed by atoms with E-state index >= 15 is 0 Å². The number of hydrogen-bond acceptors (Lipinski definition) is 6. The highest BCUT2D eigenvalue weighted by Gasteiger charge is 2.14. The van der Waals surface area contributed by atoms with E-state index in [4.69, 9.17) is 15.0 Å². The number of thiophene rings is 1. The Morgan fingerprint density at radius 2 is 2.38 bits per heavy atom. The van der Waals surface area contributed by atoms with Gasteiger partial charge in [-0.15, -0.1) is 11.3 Å². The topological polar surface area (TPSA) is 74.2 Å². The van der Waals surface area contributed by atoms with Crippen molar-refractivity contribution in [2.24, 2.45) is 0 Å². The van der Waals surface area contributed by atoms with Crippen molar-refractivity contribution in [1.82, 2.24) is 10.1 Å². The number of rotatable bonds is 4. The molecule has 5 nitrogen and oxygen atoms in total. The number of nitrogens with two attached hydrogens (primary N) is 1. The molecule has 0 atom stereocenters. The van der Waals surface area contributed by atoms with Crippen molar-refractivity contribution in [3.63, 3.8) is 0 Å². The summed E-state index contributed by atoms with van der Waals surface area (Å²) in [5.41, 5.74) is 7.63. The van der Waals surface area contributed by atoms with Gasteiger partial charge in [0.25, 0.3) is 5.89 Å². The molecular weight excluding hydrogens is 226 g/mol. The van der Waals surface area contributed by atoms with E-state index in [1.54, 1.807) is 0 Å². The molecule has 0 bridgehead atoms. The van der Waals surface area contributed by atoms with Gasteiger partial charge >= 0.3 is 0 Å². The summed E-state index contributed by atoms with van der Waals surface area (Å²) >= 11 is 1.50. The monoisotopic (exact) mass is 239 g/mol. The Bertz CT molecular complexity index is 478. The first kappa shape index (κ1) is 11.1. The minimum atomic E-state index is 0.365. The van der Waals surface area contributed by atoms with Crippen LogP contribution in [0.2, 0.25) is 0 Å². The second kappa shape index (κ2) is 4.63. The first-order chi connectivity index (χ1) is 7.72. The molecule has 0 aliphatic rings. The SMILES string of the molecule is CCOCc1noc(-c2scc(C)c2N)n1. The molecule has 0 aliphatic heterocycles. The van der Waals surface area contributed by atoms with Gasteiger partial charge in [0, 0.05) is 6.61 Å². The standard InChI is InChI=1S/C10H13N3O2S/c1-3-14-4-7-12-10(15-13-7)9-8(11)6(2)5-16-9/h5H,3-4,11H2,1-2H3. The fourth-order valence-electron chi connectivity index (χ4n) is 1.22. The molecule has 6 heteroatoms. The summed E-state index contributed by atoms with van der Waals surface area (Å²) < 4.78 is 10.3. The molecule has 16 heavy (non-hydrogen) atoms. The van der Waals surface area contributed by atoms with Crippen LogP contribution in [0.15, 0.2) is 9.90 Å². The Balaban J connectivity index is 2.21. The summed E-state index contributed by atoms with van der Waals surface area (Å²) in [6.07, 6.45) is 0. The summed E-state index contributed by atoms with van der Waals surface area (Å²) in [5, 5.41) is 5.79. The molecule has 2 N–H and O–H groups in total. The number of aromatic nitrogens is 2. The third-order valence-electron chi connectivity index (χ3n) is 2.12. The van der Waals surface area contributed by atoms with E-state index in [2.05, 4.69) is 10.1 Å². The Hall–Kier alpha value is -1.40. The van der Waals surface area contributed by atoms with E-state index in [1.807, 2.05) is 19.2 Å². The van der Waals surface area contributed by atoms with Crippen molar-refractivity contribution in [3.8, 4) is 10.8 Å². The molecule has 0 amide bonds. The van der Waals surface area contributed by atoms with Gasteiger partial charge in [-0.1, -0.05) is 5.16 Å². The lowest BCUT2D eigenvalue weighted by Crippen LogP contribution is -1.93. The van der Waals surface area contributed by atoms with E-state index in [0.717, 1.165) is 10.4 Å². The third-order valence-corrected chi connectivity index (χ3v) is 3.22. The molecule has 0 fully saturated rings. The molecule has 0 unspecified atom stereocenters. The molecule has 0 radical (unpaired) electrons. The van der Waals surface area contributed by atoms with Gasteiger partial charge in [-0.25, -0.2) is 0 Å². The molecule has 0 aliphatic carbocycles. The summed E-state index contributed by atoms with van der Waals surface area (Å²) in [6, 6.07) is 0. The molecule has 0 aromatic carbocycles. The van der Waals surface area contributed by atoms with Crippen LogP contribution in [0.5, 0.6) is 0 Å². The summed E-state index contributed by atoms with van der Waals surface area (Å²) in [6.45, 7) is 4.86. The number of nitrogen functional groups attached to an aromatic ring is 1. The number of anilines is 1. The normalized spacial score (nSPS) is 10.9. The minimum Gasteiger partial charge on any atom is -0.397 e. The number of nitrogens with zero attached hydrogens (tertiary/aromatic N) is 2. The van der Waals surface area contributed by atoms with E-state index in [0.29, 0.717) is 30.6 Å². The van der Waals surface area contributed by atoms with Crippen molar-refractivity contribution < 1.29 is 9.26 Å². The average molecular weight is 239 g/mol. The molecule has 2 heterocycles. The van der Waals surface area contributed by atoms with Gasteiger partial charge in [0.2, 0.25) is 0 Å². The molecule has 0 saturated heterocycles. The van der Waals surface area contributed by atoms with Crippen molar-refractivity contribution in [2.45, 2.75) is 20.5 Å². The second-order valence-electron chi connectivity index (χ2n) is 3.31. The Morgan fingerprint density at radius 1 is 1.56 bits per heavy atom. The van der Waals surface area contributed by atoms with Crippen molar-refractivity contribution in [3.05, 3.63) is 16.8 Å². The molecule has 2 aromatic heterocycles. The third kappa shape index (κ3) is 2.07. The Morgan fingerprint density at radius 3 is 3.00 bits per heavy atom. The highest BCUT2D eigenvalue weighted by Crippen LogP contribution is 2.33. The van der Waals surface area contributed by atoms with Crippen molar-refractivity contribution in [2.75, 3.05) is 12.3 Å². The van der Waals surface area contributed by atoms with Crippen LogP contribution in [0.1, 0.15) is 18.3 Å². The maximum atomic E-state index is 5.90. The zero-order valence-electron chi connectivity index (χ0n) is 9.19. The number of aryl methyl sites for hydroxylation is 1. The van der Waals surface area contributed by atoms with Crippen LogP contribution >= 0.6 is 11.3 Å². The fraction of sp³-hybridized carbons (Fsp3) is 0.400. The predicted octanol–water partition coefficient (Wildman–Crippen LogP) is 2.23. The van der Waals surface area contributed by atoms with Crippen molar-refractivity contribution >= 4 is 17.0 Å². The zero-order valence-corrected chi connectivity index (χ0v) is 10.0. The van der Waals surface area contributed by atoms with Crippen LogP contribution in [0.25, 0.3) is 10.8 Å². The van der Waals surface area contributed by atoms with E-state index in [9.17, 15) is 0 Å². The molecule has 2 aromatic rings. The van der Waals surface area contributed by atoms with Gasteiger partial charge in [0.05, 0.1) is 5.69 Å². The van der Waals surface area contributed by atoms with Crippen LogP contribution in [0.4, 0.5) is 5.69 Å². The summed E-state index contributed by atoms with van der Waals surface area (Å²) in [5.74, 6) is 1.01. The predicted molar refractivity (Wildman–Crippen MR) is 62.1 cm³/mol. The molecular formula is C10H13N3O2S. The van der Waals surface area contributed by atoms with Crippen LogP contribution in [-0.2, 0) is 11.3 Å². The van der Waals surface area contributed by atoms with E-state index in [1.165, 1.54) is 11.3 Å². The molecule has 86 valence electrons. The van der Waals surface area contributed by atoms with E-state index in [-0.39, 0.29) is 0 Å². The fourth-order valence-corrected chi connectivity index (χ4v) is 2.11. The van der Waals surface area contributed by atoms with E-state index < -0.39 is 0 Å². The molecule has 2 rings (SSSR count). The van der Waals surface area contributed by atoms with Crippen LogP contribution < -0.4 is 5.73 Å². The Kier molecular flexibility index (Phi) is 3.21. The largest absolute Gasteiger partial charge is 0.397 e. The van der Waals surface area contributed by atoms with Gasteiger partial charge in [0.15, 0.2) is 5.82 Å². The summed E-state index contributed by atoms with van der Waals surface area (Å²) in [7, 11) is 0. The highest BCUT2D eigenvalue weighted by molar-refractivity contribution is 7.14. The maximum Gasteiger partial charge on any atom is 0.270 e. The number of ether oxygens (including phenoxy) is 1. The highest BCUT2D eigenvalue weighted by atomic mass is 32.1. The zero-order chi connectivity index (χ0) is 11.5. The van der Waals surface area contributed by atoms with Crippen LogP contribution in [0, 0.1) is 6.92 Å². The maximum absolute atomic E-state index is 5.90. The summed E-state index contributed by atoms with van der Waals surface area (Å²) in [4.78, 5) is 5.05. The van der Waals surface area contributed by atoms with Gasteiger partial charge in [-0.3, -0.25) is 0 Å². The van der Waals surface area contributed by atoms with Gasteiger partial charge in [0.1, 0.15) is 11.5 Å². The quantitative estimate of drug-likeness (QED) is 0.885. The molecule has 0 saturated carbocycles. The smallest absolute Gasteiger partial charge is 0.270 e. The lowest BCUT2D eigenvalue weighted by atomic mass is 10.3. The van der Waals surface area contributed by atoms with Gasteiger partial charge in [-0.05, 0) is 24.8 Å². The minimum absolute atomic E-state index is 0.365. The first-order valence-corrected chi connectivity index (χ1v) is 5.84. The van der Waals surface area contributed by atoms with Gasteiger partial charge in [-0.2, -0.15) is 4.98 Å². The lowest BCUT2D eigenvalue weighted by molar-refractivity contribution is 0.126. The van der Waals surface area contributed by atoms with Gasteiger partial charge < -0.3 is 15.0 Å². The van der Waals surface area contributed by atoms with Crippen LogP contribution in [-0.4, -0.2) is 16.7 Å². The Labute approximate surface area is 97.2 Å². The average Bonchev–Trinajstić information content (AvgIpc) is 2.85. The van der Waals surface area contributed by atoms with Crippen molar-refractivity contribution in [1.29, 1.82) is 0 Å². The second-order valence-corrected chi connectivity index (χ2v) is 4.19. The first-order valence-electron chi connectivity index (χ1n) is 4.96.